The van der Waals surface area contributed by atoms with Crippen LogP contribution in [-0.4, -0.2) is 23.0 Å². The number of aromatic amines is 1. The second-order valence-electron chi connectivity index (χ2n) is 7.67. The predicted octanol–water partition coefficient (Wildman–Crippen LogP) is 4.67. The van der Waals surface area contributed by atoms with E-state index in [9.17, 15) is 0 Å². The van der Waals surface area contributed by atoms with Crippen LogP contribution in [0, 0.1) is 0 Å². The lowest BCUT2D eigenvalue weighted by molar-refractivity contribution is 0.442. The highest BCUT2D eigenvalue weighted by Crippen LogP contribution is 2.42. The molecule has 3 N–H and O–H groups in total. The number of H-pyrrole nitrogens is 1. The maximum Gasteiger partial charge on any atom is 0.0577 e. The van der Waals surface area contributed by atoms with Gasteiger partial charge in [-0.15, -0.1) is 0 Å². The van der Waals surface area contributed by atoms with Gasteiger partial charge in [0.15, 0.2) is 0 Å². The Labute approximate surface area is 156 Å². The normalized spacial score (nSPS) is 19.7. The smallest absolute Gasteiger partial charge is 0.0577 e. The van der Waals surface area contributed by atoms with Crippen LogP contribution in [0.5, 0.6) is 0 Å². The van der Waals surface area contributed by atoms with Crippen molar-refractivity contribution >= 4 is 11.6 Å². The highest BCUT2D eigenvalue weighted by Gasteiger charge is 2.30. The minimum Gasteiger partial charge on any atom is -0.375 e. The van der Waals surface area contributed by atoms with Crippen molar-refractivity contribution in [3.63, 3.8) is 0 Å². The van der Waals surface area contributed by atoms with E-state index in [1.807, 2.05) is 0 Å². The number of rotatable bonds is 5. The maximum atomic E-state index is 6.67. The van der Waals surface area contributed by atoms with Gasteiger partial charge in [-0.3, -0.25) is 0 Å². The lowest BCUT2D eigenvalue weighted by atomic mass is 9.80. The summed E-state index contributed by atoms with van der Waals surface area (Å²) in [4.78, 5) is 5.96. The number of hydrogen-bond acceptors (Lipinski definition) is 2. The summed E-state index contributed by atoms with van der Waals surface area (Å²) in [5.41, 5.74) is 14.9. The average molecular weight is 348 g/mol. The van der Waals surface area contributed by atoms with Crippen molar-refractivity contribution in [3.8, 4) is 0 Å². The van der Waals surface area contributed by atoms with Crippen molar-refractivity contribution in [2.45, 2.75) is 51.1 Å². The Balaban J connectivity index is 1.61. The Hall–Kier alpha value is -2.26. The molecule has 0 amide bonds. The number of fused-ring (bicyclic) bond motifs is 3. The largest absolute Gasteiger partial charge is 0.375 e. The fraction of sp³-hybridized carbons (Fsp3) is 0.391. The van der Waals surface area contributed by atoms with Crippen LogP contribution in [-0.2, 0) is 13.0 Å². The molecule has 0 radical (unpaired) electrons. The molecular weight excluding hydrogens is 318 g/mol. The maximum absolute atomic E-state index is 6.67. The minimum atomic E-state index is 0.0774. The molecule has 3 heteroatoms. The van der Waals surface area contributed by atoms with Gasteiger partial charge >= 0.3 is 0 Å². The van der Waals surface area contributed by atoms with Gasteiger partial charge in [0.1, 0.15) is 0 Å². The summed E-state index contributed by atoms with van der Waals surface area (Å²) in [7, 11) is 2.12. The fourth-order valence-corrected chi connectivity index (χ4v) is 4.37. The Morgan fingerprint density at radius 2 is 2.08 bits per heavy atom. The summed E-state index contributed by atoms with van der Waals surface area (Å²) >= 11 is 0. The van der Waals surface area contributed by atoms with Crippen molar-refractivity contribution in [1.82, 2.24) is 9.88 Å². The molecule has 0 bridgehead atoms. The van der Waals surface area contributed by atoms with Gasteiger partial charge in [-0.2, -0.15) is 0 Å². The molecule has 26 heavy (non-hydrogen) atoms. The molecule has 0 fully saturated rings. The SMILES string of the molecule is CCC1CC=C(C(N)CCc2ccccc2)c2[nH]c3c(c21)C=CN(C)C3. The Morgan fingerprint density at radius 3 is 2.85 bits per heavy atom. The molecular formula is C23H29N3. The van der Waals surface area contributed by atoms with E-state index in [2.05, 4.69) is 72.5 Å². The van der Waals surface area contributed by atoms with Crippen LogP contribution >= 0.6 is 0 Å². The lowest BCUT2D eigenvalue weighted by Gasteiger charge is -2.26. The highest BCUT2D eigenvalue weighted by atomic mass is 15.1. The lowest BCUT2D eigenvalue weighted by Crippen LogP contribution is -2.25. The van der Waals surface area contributed by atoms with Gasteiger partial charge in [0, 0.05) is 30.0 Å². The van der Waals surface area contributed by atoms with Crippen molar-refractivity contribution in [3.05, 3.63) is 70.7 Å². The van der Waals surface area contributed by atoms with E-state index in [-0.39, 0.29) is 6.04 Å². The number of nitrogens with one attached hydrogen (secondary N) is 1. The predicted molar refractivity (Wildman–Crippen MR) is 110 cm³/mol. The first kappa shape index (κ1) is 17.2. The van der Waals surface area contributed by atoms with E-state index in [0.29, 0.717) is 5.92 Å². The summed E-state index contributed by atoms with van der Waals surface area (Å²) in [6.07, 6.45) is 11.1. The van der Waals surface area contributed by atoms with Gasteiger partial charge in [0.05, 0.1) is 6.54 Å². The zero-order valence-corrected chi connectivity index (χ0v) is 15.8. The molecule has 1 aromatic heterocycles. The zero-order valence-electron chi connectivity index (χ0n) is 15.8. The number of nitrogens with two attached hydrogens (primary N) is 1. The number of allylic oxidation sites excluding steroid dienone is 1. The zero-order chi connectivity index (χ0) is 18.1. The second kappa shape index (κ2) is 7.16. The van der Waals surface area contributed by atoms with Gasteiger partial charge < -0.3 is 15.6 Å². The van der Waals surface area contributed by atoms with Gasteiger partial charge in [0.2, 0.25) is 0 Å². The summed E-state index contributed by atoms with van der Waals surface area (Å²) in [5, 5.41) is 0. The minimum absolute atomic E-state index is 0.0774. The first-order valence-electron chi connectivity index (χ1n) is 9.80. The number of aryl methyl sites for hydroxylation is 1. The Bertz CT molecular complexity index is 829. The molecule has 1 aromatic carbocycles. The third-order valence-corrected chi connectivity index (χ3v) is 5.86. The molecule has 0 saturated heterocycles. The quantitative estimate of drug-likeness (QED) is 0.825. The molecule has 2 atom stereocenters. The van der Waals surface area contributed by atoms with E-state index in [1.54, 1.807) is 0 Å². The van der Waals surface area contributed by atoms with E-state index in [0.717, 1.165) is 25.8 Å². The van der Waals surface area contributed by atoms with Crippen LogP contribution in [0.3, 0.4) is 0 Å². The van der Waals surface area contributed by atoms with Crippen molar-refractivity contribution in [2.75, 3.05) is 7.05 Å². The highest BCUT2D eigenvalue weighted by molar-refractivity contribution is 5.77. The molecule has 3 nitrogen and oxygen atoms in total. The first-order chi connectivity index (χ1) is 12.7. The monoisotopic (exact) mass is 347 g/mol. The summed E-state index contributed by atoms with van der Waals surface area (Å²) in [6.45, 7) is 3.24. The van der Waals surface area contributed by atoms with Crippen LogP contribution in [0.15, 0.2) is 42.6 Å². The number of hydrogen-bond donors (Lipinski definition) is 2. The fourth-order valence-electron chi connectivity index (χ4n) is 4.37. The van der Waals surface area contributed by atoms with E-state index < -0.39 is 0 Å². The molecule has 0 spiro atoms. The number of benzene rings is 1. The molecule has 2 aromatic rings. The molecule has 1 aliphatic carbocycles. The third-order valence-electron chi connectivity index (χ3n) is 5.86. The summed E-state index contributed by atoms with van der Waals surface area (Å²) < 4.78 is 0. The molecule has 136 valence electrons. The number of aromatic nitrogens is 1. The van der Waals surface area contributed by atoms with Crippen LogP contribution in [0.25, 0.3) is 11.6 Å². The van der Waals surface area contributed by atoms with Gasteiger partial charge in [-0.05, 0) is 60.6 Å². The molecule has 0 saturated carbocycles. The van der Waals surface area contributed by atoms with Crippen LogP contribution in [0.2, 0.25) is 0 Å². The molecule has 1 aliphatic heterocycles. The topological polar surface area (TPSA) is 45.1 Å². The van der Waals surface area contributed by atoms with Crippen LogP contribution < -0.4 is 5.73 Å². The standard InChI is InChI=1S/C23H29N3/c1-3-17-10-11-18(20(24)12-9-16-7-5-4-6-8-16)23-22(17)19-13-14-26(2)15-21(19)25-23/h4-8,11,13-14,17,20,25H,3,9-10,12,15,24H2,1-2H3. The Kier molecular flexibility index (Phi) is 4.73. The van der Waals surface area contributed by atoms with Crippen molar-refractivity contribution in [2.24, 2.45) is 5.73 Å². The van der Waals surface area contributed by atoms with Gasteiger partial charge in [0.25, 0.3) is 0 Å². The molecule has 2 unspecified atom stereocenters. The van der Waals surface area contributed by atoms with Crippen LogP contribution in [0.4, 0.5) is 0 Å². The summed E-state index contributed by atoms with van der Waals surface area (Å²) in [6, 6.07) is 10.7. The summed E-state index contributed by atoms with van der Waals surface area (Å²) in [5.74, 6) is 0.600. The van der Waals surface area contributed by atoms with E-state index >= 15 is 0 Å². The van der Waals surface area contributed by atoms with Gasteiger partial charge in [-0.1, -0.05) is 43.3 Å². The molecule has 2 aliphatic rings. The van der Waals surface area contributed by atoms with Crippen LogP contribution in [0.1, 0.15) is 60.2 Å². The third kappa shape index (κ3) is 3.12. The van der Waals surface area contributed by atoms with E-state index in [4.69, 9.17) is 5.73 Å². The average Bonchev–Trinajstić information content (AvgIpc) is 3.04. The van der Waals surface area contributed by atoms with E-state index in [1.165, 1.54) is 40.1 Å². The Morgan fingerprint density at radius 1 is 1.27 bits per heavy atom. The van der Waals surface area contributed by atoms with Crippen molar-refractivity contribution in [1.29, 1.82) is 0 Å². The molecule has 4 rings (SSSR count). The second-order valence-corrected chi connectivity index (χ2v) is 7.67. The molecule has 2 heterocycles. The van der Waals surface area contributed by atoms with Crippen molar-refractivity contribution < 1.29 is 0 Å². The number of nitrogens with zero attached hydrogens (tertiary/aromatic N) is 1. The van der Waals surface area contributed by atoms with Gasteiger partial charge in [-0.25, -0.2) is 0 Å². The first-order valence-corrected chi connectivity index (χ1v) is 9.80.